The zero-order valence-electron chi connectivity index (χ0n) is 9.16. The van der Waals surface area contributed by atoms with Crippen LogP contribution in [0.3, 0.4) is 0 Å². The second-order valence-corrected chi connectivity index (χ2v) is 4.59. The maximum absolute atomic E-state index is 5.42. The molecule has 0 unspecified atom stereocenters. The molecular weight excluding hydrogens is 172 g/mol. The molecule has 0 aliphatic heterocycles. The van der Waals surface area contributed by atoms with Crippen molar-refractivity contribution in [3.8, 4) is 0 Å². The molecule has 0 saturated carbocycles. The van der Waals surface area contributed by atoms with Gasteiger partial charge in [-0.25, -0.2) is 0 Å². The van der Waals surface area contributed by atoms with Crippen molar-refractivity contribution in [3.63, 3.8) is 0 Å². The number of hydrogen-bond acceptors (Lipinski definition) is 1. The summed E-state index contributed by atoms with van der Waals surface area (Å²) in [6.45, 7) is 7.21. The minimum atomic E-state index is 0.223. The van der Waals surface area contributed by atoms with Gasteiger partial charge in [0, 0.05) is 0 Å². The van der Waals surface area contributed by atoms with Crippen molar-refractivity contribution < 1.29 is 4.74 Å². The van der Waals surface area contributed by atoms with E-state index in [4.69, 9.17) is 4.74 Å². The van der Waals surface area contributed by atoms with Crippen LogP contribution in [0.4, 0.5) is 0 Å². The lowest BCUT2D eigenvalue weighted by Crippen LogP contribution is -2.12. The highest BCUT2D eigenvalue weighted by atomic mass is 16.5. The first-order chi connectivity index (χ1) is 6.58. The van der Waals surface area contributed by atoms with Gasteiger partial charge in [0.05, 0.1) is 12.9 Å². The van der Waals surface area contributed by atoms with Crippen molar-refractivity contribution in [2.45, 2.75) is 20.8 Å². The largest absolute Gasteiger partial charge is 0.501 e. The molecule has 1 aromatic rings. The minimum Gasteiger partial charge on any atom is -0.501 e. The zero-order valence-corrected chi connectivity index (χ0v) is 9.16. The lowest BCUT2D eigenvalue weighted by Gasteiger charge is -2.16. The predicted molar refractivity (Wildman–Crippen MR) is 60.9 cm³/mol. The summed E-state index contributed by atoms with van der Waals surface area (Å²) in [6.07, 6.45) is 3.74. The first-order valence-electron chi connectivity index (χ1n) is 4.91. The summed E-state index contributed by atoms with van der Waals surface area (Å²) in [7, 11) is 0. The Morgan fingerprint density at radius 1 is 1.14 bits per heavy atom. The van der Waals surface area contributed by atoms with Gasteiger partial charge in [0.2, 0.25) is 0 Å². The molecule has 1 aromatic carbocycles. The van der Waals surface area contributed by atoms with E-state index in [1.54, 1.807) is 6.26 Å². The van der Waals surface area contributed by atoms with E-state index in [2.05, 4.69) is 32.9 Å². The maximum Gasteiger partial charge on any atom is 0.0921 e. The number of ether oxygens (including phenoxy) is 1. The first kappa shape index (κ1) is 10.8. The Hall–Kier alpha value is -1.24. The van der Waals surface area contributed by atoms with Crippen LogP contribution in [-0.2, 0) is 4.74 Å². The van der Waals surface area contributed by atoms with Crippen LogP contribution < -0.4 is 0 Å². The highest BCUT2D eigenvalue weighted by molar-refractivity contribution is 5.47. The topological polar surface area (TPSA) is 9.23 Å². The van der Waals surface area contributed by atoms with Crippen molar-refractivity contribution in [1.29, 1.82) is 0 Å². The molecule has 0 aliphatic rings. The minimum absolute atomic E-state index is 0.223. The third-order valence-corrected chi connectivity index (χ3v) is 1.67. The second kappa shape index (κ2) is 4.85. The lowest BCUT2D eigenvalue weighted by molar-refractivity contribution is 0.153. The summed E-state index contributed by atoms with van der Waals surface area (Å²) in [5.74, 6) is 0. The first-order valence-corrected chi connectivity index (χ1v) is 4.91. The van der Waals surface area contributed by atoms with Crippen LogP contribution in [0.25, 0.3) is 6.08 Å². The SMILES string of the molecule is CC(C)(C)COC=Cc1ccccc1. The molecule has 0 bridgehead atoms. The maximum atomic E-state index is 5.42. The van der Waals surface area contributed by atoms with Crippen molar-refractivity contribution in [1.82, 2.24) is 0 Å². The van der Waals surface area contributed by atoms with Crippen LogP contribution in [0.5, 0.6) is 0 Å². The Kier molecular flexibility index (Phi) is 3.75. The van der Waals surface area contributed by atoms with E-state index in [1.165, 1.54) is 5.56 Å². The highest BCUT2D eigenvalue weighted by Gasteiger charge is 2.08. The third-order valence-electron chi connectivity index (χ3n) is 1.67. The van der Waals surface area contributed by atoms with E-state index < -0.39 is 0 Å². The van der Waals surface area contributed by atoms with Crippen molar-refractivity contribution >= 4 is 6.08 Å². The van der Waals surface area contributed by atoms with Gasteiger partial charge in [-0.15, -0.1) is 0 Å². The number of hydrogen-bond donors (Lipinski definition) is 0. The molecule has 0 heterocycles. The van der Waals surface area contributed by atoms with Crippen molar-refractivity contribution in [3.05, 3.63) is 42.2 Å². The van der Waals surface area contributed by atoms with Gasteiger partial charge in [-0.05, 0) is 17.1 Å². The molecule has 0 N–H and O–H groups in total. The van der Waals surface area contributed by atoms with Crippen LogP contribution >= 0.6 is 0 Å². The Morgan fingerprint density at radius 3 is 2.36 bits per heavy atom. The third kappa shape index (κ3) is 4.70. The summed E-state index contributed by atoms with van der Waals surface area (Å²) in [6, 6.07) is 10.1. The van der Waals surface area contributed by atoms with Gasteiger partial charge in [-0.3, -0.25) is 0 Å². The van der Waals surface area contributed by atoms with E-state index in [-0.39, 0.29) is 5.41 Å². The fraction of sp³-hybridized carbons (Fsp3) is 0.385. The Bertz CT molecular complexity index is 280. The predicted octanol–water partition coefficient (Wildman–Crippen LogP) is 3.72. The fourth-order valence-corrected chi connectivity index (χ4v) is 0.989. The van der Waals surface area contributed by atoms with Crippen LogP contribution in [0, 0.1) is 5.41 Å². The molecule has 14 heavy (non-hydrogen) atoms. The quantitative estimate of drug-likeness (QED) is 0.660. The molecule has 0 aliphatic carbocycles. The summed E-state index contributed by atoms with van der Waals surface area (Å²) < 4.78 is 5.42. The van der Waals surface area contributed by atoms with Gasteiger partial charge in [0.1, 0.15) is 0 Å². The standard InChI is InChI=1S/C13H18O/c1-13(2,3)11-14-10-9-12-7-5-4-6-8-12/h4-10H,11H2,1-3H3. The van der Waals surface area contributed by atoms with E-state index in [9.17, 15) is 0 Å². The molecule has 0 saturated heterocycles. The van der Waals surface area contributed by atoms with Crippen molar-refractivity contribution in [2.24, 2.45) is 5.41 Å². The molecule has 1 rings (SSSR count). The summed E-state index contributed by atoms with van der Waals surface area (Å²) in [5.41, 5.74) is 1.39. The number of rotatable bonds is 3. The van der Waals surface area contributed by atoms with Gasteiger partial charge in [0.15, 0.2) is 0 Å². The highest BCUT2D eigenvalue weighted by Crippen LogP contribution is 2.13. The molecule has 1 nitrogen and oxygen atoms in total. The Morgan fingerprint density at radius 2 is 1.79 bits per heavy atom. The van der Waals surface area contributed by atoms with Gasteiger partial charge < -0.3 is 4.74 Å². The average Bonchev–Trinajstić information content (AvgIpc) is 2.13. The normalized spacial score (nSPS) is 11.9. The molecule has 0 radical (unpaired) electrons. The molecule has 1 heteroatoms. The monoisotopic (exact) mass is 190 g/mol. The van der Waals surface area contributed by atoms with Gasteiger partial charge in [-0.1, -0.05) is 51.1 Å². The molecule has 0 spiro atoms. The van der Waals surface area contributed by atoms with Gasteiger partial charge in [-0.2, -0.15) is 0 Å². The lowest BCUT2D eigenvalue weighted by atomic mass is 9.99. The zero-order chi connectivity index (χ0) is 10.4. The van der Waals surface area contributed by atoms with Crippen LogP contribution in [0.15, 0.2) is 36.6 Å². The van der Waals surface area contributed by atoms with Crippen LogP contribution in [0.2, 0.25) is 0 Å². The molecule has 0 atom stereocenters. The van der Waals surface area contributed by atoms with E-state index in [0.717, 1.165) is 6.61 Å². The molecule has 76 valence electrons. The van der Waals surface area contributed by atoms with Crippen LogP contribution in [0.1, 0.15) is 26.3 Å². The van der Waals surface area contributed by atoms with Gasteiger partial charge >= 0.3 is 0 Å². The van der Waals surface area contributed by atoms with Crippen molar-refractivity contribution in [2.75, 3.05) is 6.61 Å². The van der Waals surface area contributed by atoms with Gasteiger partial charge in [0.25, 0.3) is 0 Å². The summed E-state index contributed by atoms with van der Waals surface area (Å²) >= 11 is 0. The Labute approximate surface area is 86.4 Å². The van der Waals surface area contributed by atoms with E-state index in [1.807, 2.05) is 24.3 Å². The summed E-state index contributed by atoms with van der Waals surface area (Å²) in [5, 5.41) is 0. The second-order valence-electron chi connectivity index (χ2n) is 4.59. The van der Waals surface area contributed by atoms with E-state index in [0.29, 0.717) is 0 Å². The Balaban J connectivity index is 2.35. The molecule has 0 amide bonds. The van der Waals surface area contributed by atoms with Crippen LogP contribution in [-0.4, -0.2) is 6.61 Å². The summed E-state index contributed by atoms with van der Waals surface area (Å²) in [4.78, 5) is 0. The smallest absolute Gasteiger partial charge is 0.0921 e. The molecule has 0 aromatic heterocycles. The fourth-order valence-electron chi connectivity index (χ4n) is 0.989. The molecular formula is C13H18O. The average molecular weight is 190 g/mol. The molecule has 0 fully saturated rings. The van der Waals surface area contributed by atoms with E-state index >= 15 is 0 Å². The number of benzene rings is 1.